The van der Waals surface area contributed by atoms with Crippen LogP contribution in [-0.4, -0.2) is 18.4 Å². The lowest BCUT2D eigenvalue weighted by Crippen LogP contribution is -2.25. The first kappa shape index (κ1) is 11.8. The van der Waals surface area contributed by atoms with Gasteiger partial charge in [0.05, 0.1) is 6.61 Å². The van der Waals surface area contributed by atoms with Crippen LogP contribution in [0.25, 0.3) is 0 Å². The van der Waals surface area contributed by atoms with Crippen molar-refractivity contribution in [2.45, 2.75) is 26.2 Å². The number of benzene rings is 1. The van der Waals surface area contributed by atoms with Gasteiger partial charge in [-0.15, -0.1) is 0 Å². The average Bonchev–Trinajstić information content (AvgIpc) is 2.50. The van der Waals surface area contributed by atoms with Gasteiger partial charge in [0, 0.05) is 5.56 Å². The van der Waals surface area contributed by atoms with Gasteiger partial charge in [-0.05, 0) is 31.7 Å². The maximum Gasteiger partial charge on any atom is 0.316 e. The van der Waals surface area contributed by atoms with Gasteiger partial charge in [-0.1, -0.05) is 24.3 Å². The zero-order chi connectivity index (χ0) is 12.3. The summed E-state index contributed by atoms with van der Waals surface area (Å²) in [5.41, 5.74) is 1.73. The molecule has 0 fully saturated rings. The number of ether oxygens (including phenoxy) is 1. The van der Waals surface area contributed by atoms with E-state index in [-0.39, 0.29) is 11.8 Å². The highest BCUT2D eigenvalue weighted by Crippen LogP contribution is 2.25. The van der Waals surface area contributed by atoms with Crippen molar-refractivity contribution in [2.24, 2.45) is 5.92 Å². The number of aryl methyl sites for hydroxylation is 1. The molecule has 0 saturated carbocycles. The third-order valence-electron chi connectivity index (χ3n) is 3.11. The second-order valence-corrected chi connectivity index (χ2v) is 4.22. The smallest absolute Gasteiger partial charge is 0.316 e. The van der Waals surface area contributed by atoms with E-state index in [1.807, 2.05) is 18.2 Å². The molecule has 17 heavy (non-hydrogen) atoms. The largest absolute Gasteiger partial charge is 0.465 e. The normalized spacial score (nSPS) is 19.4. The number of carbonyl (C=O) groups excluding carboxylic acids is 2. The summed E-state index contributed by atoms with van der Waals surface area (Å²) in [6.45, 7) is 2.08. The summed E-state index contributed by atoms with van der Waals surface area (Å²) in [4.78, 5) is 24.0. The molecule has 1 aromatic carbocycles. The van der Waals surface area contributed by atoms with E-state index in [4.69, 9.17) is 4.74 Å². The summed E-state index contributed by atoms with van der Waals surface area (Å²) in [7, 11) is 0. The highest BCUT2D eigenvalue weighted by molar-refractivity contribution is 6.09. The van der Waals surface area contributed by atoms with E-state index in [1.54, 1.807) is 13.0 Å². The molecule has 0 saturated heterocycles. The number of ketones is 1. The highest BCUT2D eigenvalue weighted by atomic mass is 16.5. The van der Waals surface area contributed by atoms with Crippen molar-refractivity contribution in [3.05, 3.63) is 35.4 Å². The number of hydrogen-bond acceptors (Lipinski definition) is 3. The Morgan fingerprint density at radius 2 is 2.18 bits per heavy atom. The lowest BCUT2D eigenvalue weighted by atomic mass is 9.95. The van der Waals surface area contributed by atoms with Crippen LogP contribution in [0, 0.1) is 5.92 Å². The van der Waals surface area contributed by atoms with E-state index in [0.717, 1.165) is 18.4 Å². The minimum Gasteiger partial charge on any atom is -0.465 e. The molecule has 3 nitrogen and oxygen atoms in total. The van der Waals surface area contributed by atoms with Gasteiger partial charge < -0.3 is 4.74 Å². The van der Waals surface area contributed by atoms with Crippen molar-refractivity contribution in [3.63, 3.8) is 0 Å². The van der Waals surface area contributed by atoms with Crippen molar-refractivity contribution in [3.8, 4) is 0 Å². The lowest BCUT2D eigenvalue weighted by Gasteiger charge is -2.11. The van der Waals surface area contributed by atoms with Crippen LogP contribution in [0.15, 0.2) is 24.3 Å². The topological polar surface area (TPSA) is 43.4 Å². The SMILES string of the molecule is CCOC(=O)C1CCCc2ccccc2C1=O. The number of Topliss-reactive ketones (excluding diaryl/α,β-unsaturated/α-hetero) is 1. The Bertz CT molecular complexity index is 437. The molecule has 0 radical (unpaired) electrons. The highest BCUT2D eigenvalue weighted by Gasteiger charge is 2.31. The molecule has 1 aromatic rings. The standard InChI is InChI=1S/C14H16O3/c1-2-17-14(16)12-9-5-7-10-6-3-4-8-11(10)13(12)15/h3-4,6,8,12H,2,5,7,9H2,1H3. The van der Waals surface area contributed by atoms with Gasteiger partial charge in [0.1, 0.15) is 5.92 Å². The first-order chi connectivity index (χ1) is 8.24. The third-order valence-corrected chi connectivity index (χ3v) is 3.11. The van der Waals surface area contributed by atoms with Crippen LogP contribution in [0.3, 0.4) is 0 Å². The Morgan fingerprint density at radius 1 is 1.41 bits per heavy atom. The molecule has 1 unspecified atom stereocenters. The van der Waals surface area contributed by atoms with Gasteiger partial charge in [-0.3, -0.25) is 9.59 Å². The fourth-order valence-corrected chi connectivity index (χ4v) is 2.26. The average molecular weight is 232 g/mol. The number of hydrogen-bond donors (Lipinski definition) is 0. The second kappa shape index (κ2) is 5.13. The lowest BCUT2D eigenvalue weighted by molar-refractivity contribution is -0.146. The van der Waals surface area contributed by atoms with E-state index in [2.05, 4.69) is 0 Å². The predicted octanol–water partition coefficient (Wildman–Crippen LogP) is 2.38. The monoisotopic (exact) mass is 232 g/mol. The van der Waals surface area contributed by atoms with E-state index in [1.165, 1.54) is 0 Å². The molecule has 0 aliphatic heterocycles. The Hall–Kier alpha value is -1.64. The summed E-state index contributed by atoms with van der Waals surface area (Å²) in [5.74, 6) is -1.08. The molecule has 1 atom stereocenters. The number of rotatable bonds is 2. The van der Waals surface area contributed by atoms with E-state index < -0.39 is 5.92 Å². The fourth-order valence-electron chi connectivity index (χ4n) is 2.26. The number of esters is 1. The fraction of sp³-hybridized carbons (Fsp3) is 0.429. The summed E-state index contributed by atoms with van der Waals surface area (Å²) in [6.07, 6.45) is 2.30. The van der Waals surface area contributed by atoms with Crippen LogP contribution >= 0.6 is 0 Å². The molecule has 0 amide bonds. The van der Waals surface area contributed by atoms with Gasteiger partial charge in [0.15, 0.2) is 5.78 Å². The molecule has 1 aliphatic rings. The van der Waals surface area contributed by atoms with Crippen LogP contribution in [-0.2, 0) is 16.0 Å². The summed E-state index contributed by atoms with van der Waals surface area (Å²) in [6, 6.07) is 7.52. The van der Waals surface area contributed by atoms with Crippen LogP contribution in [0.1, 0.15) is 35.7 Å². The minimum atomic E-state index is -0.612. The van der Waals surface area contributed by atoms with Crippen LogP contribution in [0.4, 0.5) is 0 Å². The third kappa shape index (κ3) is 2.38. The van der Waals surface area contributed by atoms with Gasteiger partial charge in [-0.25, -0.2) is 0 Å². The molecule has 2 rings (SSSR count). The van der Waals surface area contributed by atoms with Crippen LogP contribution < -0.4 is 0 Å². The number of carbonyl (C=O) groups is 2. The Labute approximate surface area is 101 Å². The van der Waals surface area contributed by atoms with Crippen molar-refractivity contribution in [1.82, 2.24) is 0 Å². The Kier molecular flexibility index (Phi) is 3.57. The molecule has 0 bridgehead atoms. The van der Waals surface area contributed by atoms with Crippen molar-refractivity contribution in [1.29, 1.82) is 0 Å². The Morgan fingerprint density at radius 3 is 2.94 bits per heavy atom. The number of fused-ring (bicyclic) bond motifs is 1. The van der Waals surface area contributed by atoms with Crippen LogP contribution in [0.2, 0.25) is 0 Å². The maximum atomic E-state index is 12.3. The van der Waals surface area contributed by atoms with Gasteiger partial charge in [0.2, 0.25) is 0 Å². The quantitative estimate of drug-likeness (QED) is 0.446. The van der Waals surface area contributed by atoms with Gasteiger partial charge in [0.25, 0.3) is 0 Å². The Balaban J connectivity index is 2.29. The van der Waals surface area contributed by atoms with Crippen LogP contribution in [0.5, 0.6) is 0 Å². The maximum absolute atomic E-state index is 12.3. The molecule has 0 heterocycles. The molecular weight excluding hydrogens is 216 g/mol. The molecule has 90 valence electrons. The summed E-state index contributed by atoms with van der Waals surface area (Å²) >= 11 is 0. The molecule has 3 heteroatoms. The zero-order valence-electron chi connectivity index (χ0n) is 9.94. The van der Waals surface area contributed by atoms with E-state index >= 15 is 0 Å². The predicted molar refractivity (Wildman–Crippen MR) is 63.8 cm³/mol. The van der Waals surface area contributed by atoms with E-state index in [9.17, 15) is 9.59 Å². The first-order valence-corrected chi connectivity index (χ1v) is 6.02. The molecule has 0 N–H and O–H groups in total. The minimum absolute atomic E-state index is 0.0865. The van der Waals surface area contributed by atoms with Crippen molar-refractivity contribution < 1.29 is 14.3 Å². The summed E-state index contributed by atoms with van der Waals surface area (Å²) in [5, 5.41) is 0. The molecule has 1 aliphatic carbocycles. The molecular formula is C14H16O3. The molecule has 0 spiro atoms. The summed E-state index contributed by atoms with van der Waals surface area (Å²) < 4.78 is 4.96. The second-order valence-electron chi connectivity index (χ2n) is 4.22. The van der Waals surface area contributed by atoms with Crippen molar-refractivity contribution in [2.75, 3.05) is 6.61 Å². The van der Waals surface area contributed by atoms with E-state index in [0.29, 0.717) is 18.6 Å². The van der Waals surface area contributed by atoms with Gasteiger partial charge in [-0.2, -0.15) is 0 Å². The van der Waals surface area contributed by atoms with Gasteiger partial charge >= 0.3 is 5.97 Å². The molecule has 0 aromatic heterocycles. The van der Waals surface area contributed by atoms with Crippen molar-refractivity contribution >= 4 is 11.8 Å². The zero-order valence-corrected chi connectivity index (χ0v) is 9.94. The first-order valence-electron chi connectivity index (χ1n) is 6.02.